The van der Waals surface area contributed by atoms with Crippen molar-refractivity contribution >= 4 is 21.8 Å². The minimum absolute atomic E-state index is 0.106. The second-order valence-electron chi connectivity index (χ2n) is 5.92. The lowest BCUT2D eigenvalue weighted by Gasteiger charge is -2.34. The molecule has 110 valence electrons. The van der Waals surface area contributed by atoms with Gasteiger partial charge < -0.3 is 10.6 Å². The number of nitrogens with zero attached hydrogens (tertiary/aromatic N) is 1. The number of halogens is 1. The van der Waals surface area contributed by atoms with E-state index in [1.165, 1.54) is 5.56 Å². The molecular weight excluding hydrogens is 316 g/mol. The molecule has 0 radical (unpaired) electrons. The number of rotatable bonds is 3. The normalized spacial score (nSPS) is 18.4. The minimum atomic E-state index is -0.362. The van der Waals surface area contributed by atoms with Crippen molar-refractivity contribution in [2.45, 2.75) is 38.6 Å². The Balaban J connectivity index is 1.92. The van der Waals surface area contributed by atoms with Crippen LogP contribution in [0.3, 0.4) is 0 Å². The van der Waals surface area contributed by atoms with E-state index in [-0.39, 0.29) is 17.9 Å². The summed E-state index contributed by atoms with van der Waals surface area (Å²) in [6.07, 6.45) is 2.05. The second kappa shape index (κ2) is 6.72. The maximum atomic E-state index is 12.2. The van der Waals surface area contributed by atoms with Crippen LogP contribution in [0.5, 0.6) is 0 Å². The fourth-order valence-corrected chi connectivity index (χ4v) is 2.93. The van der Waals surface area contributed by atoms with Gasteiger partial charge in [0.2, 0.25) is 5.91 Å². The molecule has 0 aliphatic carbocycles. The van der Waals surface area contributed by atoms with Crippen LogP contribution in [0.25, 0.3) is 0 Å². The smallest absolute Gasteiger partial charge is 0.239 e. The molecule has 2 rings (SSSR count). The van der Waals surface area contributed by atoms with E-state index >= 15 is 0 Å². The van der Waals surface area contributed by atoms with E-state index in [0.717, 1.165) is 30.4 Å². The highest BCUT2D eigenvalue weighted by Crippen LogP contribution is 2.29. The molecule has 3 nitrogen and oxygen atoms in total. The van der Waals surface area contributed by atoms with Crippen LogP contribution in [0.2, 0.25) is 0 Å². The first-order valence-corrected chi connectivity index (χ1v) is 8.08. The van der Waals surface area contributed by atoms with Gasteiger partial charge in [-0.2, -0.15) is 0 Å². The molecule has 1 atom stereocenters. The number of piperidine rings is 1. The lowest BCUT2D eigenvalue weighted by molar-refractivity contribution is -0.134. The summed E-state index contributed by atoms with van der Waals surface area (Å²) in [7, 11) is 0. The number of amides is 1. The number of nitrogens with two attached hydrogens (primary N) is 1. The summed E-state index contributed by atoms with van der Waals surface area (Å²) in [5.74, 6) is 0.864. The van der Waals surface area contributed by atoms with Crippen molar-refractivity contribution in [3.05, 3.63) is 34.3 Å². The van der Waals surface area contributed by atoms with E-state index in [0.29, 0.717) is 5.92 Å². The van der Waals surface area contributed by atoms with Gasteiger partial charge in [-0.15, -0.1) is 0 Å². The van der Waals surface area contributed by atoms with Crippen LogP contribution in [-0.2, 0) is 4.79 Å². The third-order valence-corrected chi connectivity index (χ3v) is 4.68. The van der Waals surface area contributed by atoms with E-state index in [9.17, 15) is 4.79 Å². The van der Waals surface area contributed by atoms with Crippen molar-refractivity contribution in [3.8, 4) is 0 Å². The topological polar surface area (TPSA) is 46.3 Å². The number of benzene rings is 1. The molecule has 1 amide bonds. The van der Waals surface area contributed by atoms with Crippen LogP contribution in [0.15, 0.2) is 28.7 Å². The van der Waals surface area contributed by atoms with Gasteiger partial charge in [-0.05, 0) is 42.4 Å². The van der Waals surface area contributed by atoms with Crippen LogP contribution < -0.4 is 5.73 Å². The van der Waals surface area contributed by atoms with Gasteiger partial charge in [0.25, 0.3) is 0 Å². The van der Waals surface area contributed by atoms with E-state index in [1.807, 2.05) is 18.7 Å². The first-order chi connectivity index (χ1) is 9.49. The average molecular weight is 339 g/mol. The van der Waals surface area contributed by atoms with Crippen molar-refractivity contribution in [1.29, 1.82) is 0 Å². The number of carbonyl (C=O) groups excluding carboxylic acids is 1. The summed E-state index contributed by atoms with van der Waals surface area (Å²) in [5.41, 5.74) is 7.33. The SMILES string of the molecule is CC(C)C(N)C(=O)N1CCC(c2ccc(Br)cc2)CC1. The van der Waals surface area contributed by atoms with Crippen molar-refractivity contribution in [2.75, 3.05) is 13.1 Å². The molecule has 1 aromatic carbocycles. The monoisotopic (exact) mass is 338 g/mol. The fraction of sp³-hybridized carbons (Fsp3) is 0.562. The van der Waals surface area contributed by atoms with Gasteiger partial charge in [0.05, 0.1) is 6.04 Å². The molecular formula is C16H23BrN2O. The predicted molar refractivity (Wildman–Crippen MR) is 85.5 cm³/mol. The van der Waals surface area contributed by atoms with E-state index < -0.39 is 0 Å². The van der Waals surface area contributed by atoms with Crippen molar-refractivity contribution < 1.29 is 4.79 Å². The fourth-order valence-electron chi connectivity index (χ4n) is 2.66. The standard InChI is InChI=1S/C16H23BrN2O/c1-11(2)15(18)16(20)19-9-7-13(8-10-19)12-3-5-14(17)6-4-12/h3-6,11,13,15H,7-10,18H2,1-2H3. The Hall–Kier alpha value is -0.870. The largest absolute Gasteiger partial charge is 0.341 e. The highest BCUT2D eigenvalue weighted by Gasteiger charge is 2.28. The third-order valence-electron chi connectivity index (χ3n) is 4.15. The summed E-state index contributed by atoms with van der Waals surface area (Å²) < 4.78 is 1.11. The van der Waals surface area contributed by atoms with E-state index in [2.05, 4.69) is 40.2 Å². The second-order valence-corrected chi connectivity index (χ2v) is 6.84. The van der Waals surface area contributed by atoms with Gasteiger partial charge in [0, 0.05) is 17.6 Å². The number of carbonyl (C=O) groups is 1. The molecule has 0 spiro atoms. The first-order valence-electron chi connectivity index (χ1n) is 7.29. The molecule has 1 aromatic rings. The molecule has 20 heavy (non-hydrogen) atoms. The van der Waals surface area contributed by atoms with E-state index in [1.54, 1.807) is 0 Å². The molecule has 0 saturated carbocycles. The number of likely N-dealkylation sites (tertiary alicyclic amines) is 1. The van der Waals surface area contributed by atoms with Gasteiger partial charge in [0.15, 0.2) is 0 Å². The van der Waals surface area contributed by atoms with Gasteiger partial charge >= 0.3 is 0 Å². The molecule has 1 saturated heterocycles. The molecule has 1 aliphatic heterocycles. The number of hydrogen-bond donors (Lipinski definition) is 1. The first kappa shape index (κ1) is 15.5. The zero-order valence-corrected chi connectivity index (χ0v) is 13.8. The Bertz CT molecular complexity index is 450. The molecule has 0 bridgehead atoms. The average Bonchev–Trinajstić information content (AvgIpc) is 2.46. The quantitative estimate of drug-likeness (QED) is 0.920. The lowest BCUT2D eigenvalue weighted by atomic mass is 9.89. The molecule has 1 aliphatic rings. The Morgan fingerprint density at radius 1 is 1.25 bits per heavy atom. The Morgan fingerprint density at radius 2 is 1.80 bits per heavy atom. The lowest BCUT2D eigenvalue weighted by Crippen LogP contribution is -2.49. The Kier molecular flexibility index (Phi) is 5.22. The molecule has 1 unspecified atom stereocenters. The van der Waals surface area contributed by atoms with Gasteiger partial charge in [-0.25, -0.2) is 0 Å². The highest BCUT2D eigenvalue weighted by atomic mass is 79.9. The minimum Gasteiger partial charge on any atom is -0.341 e. The summed E-state index contributed by atoms with van der Waals surface area (Å²) in [6.45, 7) is 5.63. The van der Waals surface area contributed by atoms with Gasteiger partial charge in [-0.1, -0.05) is 41.9 Å². The van der Waals surface area contributed by atoms with Crippen LogP contribution in [0.1, 0.15) is 38.2 Å². The van der Waals surface area contributed by atoms with Crippen molar-refractivity contribution in [2.24, 2.45) is 11.7 Å². The van der Waals surface area contributed by atoms with Crippen molar-refractivity contribution in [3.63, 3.8) is 0 Å². The third kappa shape index (κ3) is 3.61. The maximum absolute atomic E-state index is 12.2. The Labute approximate surface area is 129 Å². The van der Waals surface area contributed by atoms with Crippen molar-refractivity contribution in [1.82, 2.24) is 4.90 Å². The summed E-state index contributed by atoms with van der Waals surface area (Å²) in [4.78, 5) is 14.2. The summed E-state index contributed by atoms with van der Waals surface area (Å²) >= 11 is 3.46. The van der Waals surface area contributed by atoms with Crippen LogP contribution in [0, 0.1) is 5.92 Å². The molecule has 1 fully saturated rings. The summed E-state index contributed by atoms with van der Waals surface area (Å²) in [6, 6.07) is 8.15. The molecule has 1 heterocycles. The summed E-state index contributed by atoms with van der Waals surface area (Å²) in [5, 5.41) is 0. The van der Waals surface area contributed by atoms with Crippen LogP contribution >= 0.6 is 15.9 Å². The molecule has 2 N–H and O–H groups in total. The molecule has 0 aromatic heterocycles. The number of hydrogen-bond acceptors (Lipinski definition) is 2. The zero-order valence-electron chi connectivity index (χ0n) is 12.2. The van der Waals surface area contributed by atoms with Crippen LogP contribution in [0.4, 0.5) is 0 Å². The molecule has 4 heteroatoms. The van der Waals surface area contributed by atoms with E-state index in [4.69, 9.17) is 5.73 Å². The van der Waals surface area contributed by atoms with Gasteiger partial charge in [-0.3, -0.25) is 4.79 Å². The highest BCUT2D eigenvalue weighted by molar-refractivity contribution is 9.10. The zero-order chi connectivity index (χ0) is 14.7. The van der Waals surface area contributed by atoms with Gasteiger partial charge in [0.1, 0.15) is 0 Å². The maximum Gasteiger partial charge on any atom is 0.239 e. The predicted octanol–water partition coefficient (Wildman–Crippen LogP) is 3.14. The Morgan fingerprint density at radius 3 is 2.30 bits per heavy atom. The van der Waals surface area contributed by atoms with Crippen LogP contribution in [-0.4, -0.2) is 29.9 Å².